The van der Waals surface area contributed by atoms with Gasteiger partial charge in [-0.15, -0.1) is 23.1 Å². The molecule has 2 unspecified atom stereocenters. The number of benzene rings is 1. The van der Waals surface area contributed by atoms with Gasteiger partial charge in [-0.2, -0.15) is 0 Å². The summed E-state index contributed by atoms with van der Waals surface area (Å²) in [5.74, 6) is 0.881. The van der Waals surface area contributed by atoms with Gasteiger partial charge in [0.05, 0.1) is 16.1 Å². The lowest BCUT2D eigenvalue weighted by Gasteiger charge is -2.21. The van der Waals surface area contributed by atoms with E-state index in [-0.39, 0.29) is 11.3 Å². The van der Waals surface area contributed by atoms with Gasteiger partial charge in [-0.3, -0.25) is 0 Å². The summed E-state index contributed by atoms with van der Waals surface area (Å²) in [4.78, 5) is 2.49. The fraction of sp³-hybridized carbons (Fsp3) is 0.333. The molecule has 0 saturated carbocycles. The standard InChI is InChI=1S/C15H18BrNOS2/c1-3-12(17)15(13-7-8-14(16)20-13)19-11-6-4-5-10(9-11)18-2/h4-9,12,15H,3,17H2,1-2H3. The van der Waals surface area contributed by atoms with Crippen molar-refractivity contribution in [2.45, 2.75) is 29.5 Å². The molecule has 0 radical (unpaired) electrons. The van der Waals surface area contributed by atoms with Gasteiger partial charge in [0.1, 0.15) is 5.75 Å². The van der Waals surface area contributed by atoms with Crippen LogP contribution in [0.5, 0.6) is 5.75 Å². The molecule has 1 aromatic heterocycles. The van der Waals surface area contributed by atoms with Gasteiger partial charge < -0.3 is 10.5 Å². The Bertz CT molecular complexity index is 558. The summed E-state index contributed by atoms with van der Waals surface area (Å²) in [7, 11) is 1.69. The molecule has 0 aliphatic heterocycles. The number of ether oxygens (including phenoxy) is 1. The zero-order valence-corrected chi connectivity index (χ0v) is 14.7. The Kier molecular flexibility index (Phi) is 5.96. The number of thioether (sulfide) groups is 1. The van der Waals surface area contributed by atoms with Gasteiger partial charge in [-0.1, -0.05) is 13.0 Å². The number of nitrogens with two attached hydrogens (primary N) is 1. The Labute approximate surface area is 136 Å². The molecule has 0 aliphatic rings. The predicted molar refractivity (Wildman–Crippen MR) is 91.9 cm³/mol. The van der Waals surface area contributed by atoms with Gasteiger partial charge >= 0.3 is 0 Å². The van der Waals surface area contributed by atoms with Crippen LogP contribution in [0.25, 0.3) is 0 Å². The number of methoxy groups -OCH3 is 1. The van der Waals surface area contributed by atoms with Gasteiger partial charge in [0.25, 0.3) is 0 Å². The minimum absolute atomic E-state index is 0.136. The van der Waals surface area contributed by atoms with Crippen LogP contribution in [0, 0.1) is 0 Å². The van der Waals surface area contributed by atoms with Crippen LogP contribution in [0.1, 0.15) is 23.5 Å². The van der Waals surface area contributed by atoms with Crippen molar-refractivity contribution in [3.8, 4) is 5.75 Å². The summed E-state index contributed by atoms with van der Waals surface area (Å²) in [5.41, 5.74) is 6.32. The molecule has 0 amide bonds. The minimum atomic E-state index is 0.136. The molecule has 1 aromatic carbocycles. The van der Waals surface area contributed by atoms with E-state index in [1.165, 1.54) is 9.77 Å². The van der Waals surface area contributed by atoms with Crippen LogP contribution in [0.15, 0.2) is 45.1 Å². The first-order chi connectivity index (χ1) is 9.63. The van der Waals surface area contributed by atoms with Crippen molar-refractivity contribution in [1.29, 1.82) is 0 Å². The Morgan fingerprint density at radius 2 is 2.15 bits per heavy atom. The van der Waals surface area contributed by atoms with Crippen molar-refractivity contribution in [3.05, 3.63) is 45.1 Å². The Hall–Kier alpha value is -0.490. The third-order valence-electron chi connectivity index (χ3n) is 3.04. The van der Waals surface area contributed by atoms with Crippen molar-refractivity contribution in [3.63, 3.8) is 0 Å². The molecule has 0 saturated heterocycles. The maximum Gasteiger partial charge on any atom is 0.119 e. The first-order valence-corrected chi connectivity index (χ1v) is 8.94. The lowest BCUT2D eigenvalue weighted by atomic mass is 10.1. The first-order valence-electron chi connectivity index (χ1n) is 6.45. The molecule has 2 rings (SSSR count). The van der Waals surface area contributed by atoms with E-state index in [2.05, 4.69) is 47.1 Å². The van der Waals surface area contributed by atoms with Crippen LogP contribution < -0.4 is 10.5 Å². The van der Waals surface area contributed by atoms with E-state index in [1.54, 1.807) is 30.2 Å². The Morgan fingerprint density at radius 3 is 2.75 bits per heavy atom. The highest BCUT2D eigenvalue weighted by Gasteiger charge is 2.21. The smallest absolute Gasteiger partial charge is 0.119 e. The summed E-state index contributed by atoms with van der Waals surface area (Å²) < 4.78 is 6.43. The normalized spacial score (nSPS) is 14.0. The van der Waals surface area contributed by atoms with Crippen LogP contribution in [-0.4, -0.2) is 13.2 Å². The topological polar surface area (TPSA) is 35.2 Å². The van der Waals surface area contributed by atoms with Crippen molar-refractivity contribution in [2.24, 2.45) is 5.73 Å². The summed E-state index contributed by atoms with van der Waals surface area (Å²) in [6.45, 7) is 2.13. The minimum Gasteiger partial charge on any atom is -0.497 e. The SMILES string of the molecule is CCC(N)C(Sc1cccc(OC)c1)c1ccc(Br)s1. The van der Waals surface area contributed by atoms with Crippen LogP contribution in [-0.2, 0) is 0 Å². The fourth-order valence-corrected chi connectivity index (χ4v) is 4.84. The van der Waals surface area contributed by atoms with Crippen molar-refractivity contribution in [2.75, 3.05) is 7.11 Å². The van der Waals surface area contributed by atoms with Gasteiger partial charge in [-0.25, -0.2) is 0 Å². The summed E-state index contributed by atoms with van der Waals surface area (Å²) in [6.07, 6.45) is 0.956. The van der Waals surface area contributed by atoms with Crippen LogP contribution >= 0.6 is 39.0 Å². The monoisotopic (exact) mass is 371 g/mol. The quantitative estimate of drug-likeness (QED) is 0.718. The summed E-state index contributed by atoms with van der Waals surface area (Å²) >= 11 is 7.08. The van der Waals surface area contributed by atoms with E-state index >= 15 is 0 Å². The van der Waals surface area contributed by atoms with Crippen LogP contribution in [0.2, 0.25) is 0 Å². The van der Waals surface area contributed by atoms with Crippen molar-refractivity contribution >= 4 is 39.0 Å². The molecule has 2 aromatic rings. The second kappa shape index (κ2) is 7.50. The van der Waals surface area contributed by atoms with Gasteiger partial charge in [-0.05, 0) is 52.7 Å². The fourth-order valence-electron chi connectivity index (χ4n) is 1.87. The van der Waals surface area contributed by atoms with Crippen LogP contribution in [0.3, 0.4) is 0 Å². The molecular formula is C15H18BrNOS2. The Morgan fingerprint density at radius 1 is 1.35 bits per heavy atom. The van der Waals surface area contributed by atoms with E-state index in [0.29, 0.717) is 0 Å². The van der Waals surface area contributed by atoms with E-state index in [1.807, 2.05) is 12.1 Å². The molecule has 0 spiro atoms. The second-order valence-electron chi connectivity index (χ2n) is 4.43. The van der Waals surface area contributed by atoms with Gasteiger partial charge in [0, 0.05) is 15.8 Å². The molecule has 2 N–H and O–H groups in total. The number of thiophene rings is 1. The van der Waals surface area contributed by atoms with E-state index < -0.39 is 0 Å². The van der Waals surface area contributed by atoms with Crippen molar-refractivity contribution < 1.29 is 4.74 Å². The third kappa shape index (κ3) is 4.01. The number of rotatable bonds is 6. The van der Waals surface area contributed by atoms with E-state index in [9.17, 15) is 0 Å². The number of hydrogen-bond donors (Lipinski definition) is 1. The largest absolute Gasteiger partial charge is 0.497 e. The maximum atomic E-state index is 6.32. The first kappa shape index (κ1) is 15.9. The molecule has 2 atom stereocenters. The maximum absolute atomic E-state index is 6.32. The highest BCUT2D eigenvalue weighted by atomic mass is 79.9. The molecule has 20 heavy (non-hydrogen) atoms. The second-order valence-corrected chi connectivity index (χ2v) is 8.14. The molecule has 0 aliphatic carbocycles. The van der Waals surface area contributed by atoms with E-state index in [0.717, 1.165) is 16.0 Å². The molecule has 1 heterocycles. The zero-order chi connectivity index (χ0) is 14.5. The molecular weight excluding hydrogens is 354 g/mol. The molecule has 108 valence electrons. The lowest BCUT2D eigenvalue weighted by molar-refractivity contribution is 0.413. The van der Waals surface area contributed by atoms with Crippen molar-refractivity contribution in [1.82, 2.24) is 0 Å². The van der Waals surface area contributed by atoms with Gasteiger partial charge in [0.2, 0.25) is 0 Å². The average molecular weight is 372 g/mol. The number of hydrogen-bond acceptors (Lipinski definition) is 4. The highest BCUT2D eigenvalue weighted by Crippen LogP contribution is 2.42. The summed E-state index contributed by atoms with van der Waals surface area (Å²) in [6, 6.07) is 12.5. The molecule has 5 heteroatoms. The Balaban J connectivity index is 2.23. The van der Waals surface area contributed by atoms with E-state index in [4.69, 9.17) is 10.5 Å². The third-order valence-corrected chi connectivity index (χ3v) is 6.28. The lowest BCUT2D eigenvalue weighted by Crippen LogP contribution is -2.25. The highest BCUT2D eigenvalue weighted by molar-refractivity contribution is 9.11. The molecule has 0 fully saturated rings. The average Bonchev–Trinajstić information content (AvgIpc) is 2.90. The zero-order valence-electron chi connectivity index (χ0n) is 11.5. The molecule has 0 bridgehead atoms. The predicted octanol–water partition coefficient (Wildman–Crippen LogP) is 5.09. The summed E-state index contributed by atoms with van der Waals surface area (Å²) in [5, 5.41) is 0.267. The van der Waals surface area contributed by atoms with Gasteiger partial charge in [0.15, 0.2) is 0 Å². The molecule has 2 nitrogen and oxygen atoms in total. The van der Waals surface area contributed by atoms with Crippen LogP contribution in [0.4, 0.5) is 0 Å². The number of halogens is 1.